The van der Waals surface area contributed by atoms with Crippen molar-refractivity contribution in [2.24, 2.45) is 0 Å². The Kier molecular flexibility index (Phi) is 4.85. The topological polar surface area (TPSA) is 85.6 Å². The van der Waals surface area contributed by atoms with E-state index >= 15 is 0 Å². The molecule has 8 heteroatoms. The minimum absolute atomic E-state index is 0.0119. The molecule has 3 aromatic heterocycles. The number of fused-ring (bicyclic) bond motifs is 2. The summed E-state index contributed by atoms with van der Waals surface area (Å²) in [6.07, 6.45) is 3.43. The molecule has 0 radical (unpaired) electrons. The van der Waals surface area contributed by atoms with Crippen molar-refractivity contribution in [1.82, 2.24) is 30.3 Å². The molecule has 33 heavy (non-hydrogen) atoms. The van der Waals surface area contributed by atoms with Crippen molar-refractivity contribution in [3.8, 4) is 11.1 Å². The van der Waals surface area contributed by atoms with Crippen LogP contribution in [0, 0.1) is 5.82 Å². The van der Waals surface area contributed by atoms with Gasteiger partial charge >= 0.3 is 0 Å². The van der Waals surface area contributed by atoms with Crippen LogP contribution in [0.1, 0.15) is 29.8 Å². The lowest BCUT2D eigenvalue weighted by atomic mass is 9.93. The van der Waals surface area contributed by atoms with Crippen molar-refractivity contribution in [3.63, 3.8) is 0 Å². The first kappa shape index (κ1) is 20.7. The second-order valence-electron chi connectivity index (χ2n) is 8.28. The van der Waals surface area contributed by atoms with E-state index in [0.717, 1.165) is 16.5 Å². The predicted molar refractivity (Wildman–Crippen MR) is 124 cm³/mol. The Bertz CT molecular complexity index is 1520. The summed E-state index contributed by atoms with van der Waals surface area (Å²) in [5, 5.41) is 12.3. The Morgan fingerprint density at radius 3 is 2.67 bits per heavy atom. The van der Waals surface area contributed by atoms with Gasteiger partial charge in [0.1, 0.15) is 11.3 Å². The third-order valence-corrected chi connectivity index (χ3v) is 5.93. The van der Waals surface area contributed by atoms with Crippen molar-refractivity contribution in [2.75, 3.05) is 7.05 Å². The standard InChI is InChI=1S/C25H21FN6O/c1-25(2,17-7-9-21-16(13-17)5-4-11-28-21)32-23-22(30-31-32)18(10-12-29-23)15-6-8-19(20(26)14-15)24(33)27-3/h4-14H,1-3H3,(H,27,33). The molecule has 3 heterocycles. The molecule has 0 saturated carbocycles. The zero-order chi connectivity index (χ0) is 23.2. The summed E-state index contributed by atoms with van der Waals surface area (Å²) in [7, 11) is 1.47. The van der Waals surface area contributed by atoms with Crippen LogP contribution in [0.3, 0.4) is 0 Å². The van der Waals surface area contributed by atoms with Gasteiger partial charge in [-0.1, -0.05) is 23.4 Å². The second kappa shape index (κ2) is 7.74. The molecule has 0 atom stereocenters. The number of halogens is 1. The van der Waals surface area contributed by atoms with Crippen molar-refractivity contribution in [3.05, 3.63) is 83.9 Å². The maximum absolute atomic E-state index is 14.6. The third kappa shape index (κ3) is 3.40. The first-order valence-corrected chi connectivity index (χ1v) is 10.5. The Morgan fingerprint density at radius 2 is 1.88 bits per heavy atom. The van der Waals surface area contributed by atoms with Crippen molar-refractivity contribution < 1.29 is 9.18 Å². The molecule has 0 aliphatic rings. The lowest BCUT2D eigenvalue weighted by Crippen LogP contribution is -2.29. The minimum atomic E-state index is -0.602. The number of nitrogens with one attached hydrogen (secondary N) is 1. The minimum Gasteiger partial charge on any atom is -0.355 e. The van der Waals surface area contributed by atoms with Crippen LogP contribution in [0.5, 0.6) is 0 Å². The fraction of sp³-hybridized carbons (Fsp3) is 0.160. The summed E-state index contributed by atoms with van der Waals surface area (Å²) in [4.78, 5) is 20.8. The van der Waals surface area contributed by atoms with Gasteiger partial charge in [-0.3, -0.25) is 9.78 Å². The summed E-state index contributed by atoms with van der Waals surface area (Å²) in [5.41, 5.74) is 3.80. The molecule has 0 bridgehead atoms. The molecule has 0 saturated heterocycles. The predicted octanol–water partition coefficient (Wildman–Crippen LogP) is 4.32. The van der Waals surface area contributed by atoms with E-state index in [-0.39, 0.29) is 5.56 Å². The average molecular weight is 440 g/mol. The van der Waals surface area contributed by atoms with Crippen LogP contribution in [0.25, 0.3) is 33.2 Å². The highest BCUT2D eigenvalue weighted by Crippen LogP contribution is 2.33. The van der Waals surface area contributed by atoms with E-state index in [1.165, 1.54) is 19.2 Å². The van der Waals surface area contributed by atoms with E-state index in [9.17, 15) is 9.18 Å². The lowest BCUT2D eigenvalue weighted by molar-refractivity contribution is 0.0959. The van der Waals surface area contributed by atoms with Crippen LogP contribution in [0.2, 0.25) is 0 Å². The quantitative estimate of drug-likeness (QED) is 0.450. The van der Waals surface area contributed by atoms with Crippen LogP contribution in [0.4, 0.5) is 4.39 Å². The Balaban J connectivity index is 1.61. The van der Waals surface area contributed by atoms with Gasteiger partial charge in [-0.2, -0.15) is 0 Å². The van der Waals surface area contributed by atoms with Gasteiger partial charge in [-0.05, 0) is 61.4 Å². The third-order valence-electron chi connectivity index (χ3n) is 5.93. The molecule has 0 aliphatic carbocycles. The van der Waals surface area contributed by atoms with E-state index in [1.54, 1.807) is 29.2 Å². The maximum atomic E-state index is 14.6. The molecule has 5 rings (SSSR count). The summed E-state index contributed by atoms with van der Waals surface area (Å²) in [5.74, 6) is -1.08. The van der Waals surface area contributed by atoms with Crippen molar-refractivity contribution in [1.29, 1.82) is 0 Å². The Morgan fingerprint density at radius 1 is 1.03 bits per heavy atom. The van der Waals surface area contributed by atoms with Gasteiger partial charge in [0.25, 0.3) is 5.91 Å². The van der Waals surface area contributed by atoms with Crippen LogP contribution in [-0.4, -0.2) is 37.9 Å². The first-order valence-electron chi connectivity index (χ1n) is 10.5. The molecule has 1 N–H and O–H groups in total. The smallest absolute Gasteiger partial charge is 0.253 e. The number of amides is 1. The number of carbonyl (C=O) groups is 1. The molecule has 164 valence electrons. The van der Waals surface area contributed by atoms with Crippen LogP contribution in [-0.2, 0) is 5.54 Å². The van der Waals surface area contributed by atoms with E-state index in [2.05, 4.69) is 31.7 Å². The molecule has 0 aliphatic heterocycles. The number of benzene rings is 2. The van der Waals surface area contributed by atoms with Crippen LogP contribution >= 0.6 is 0 Å². The molecule has 5 aromatic rings. The van der Waals surface area contributed by atoms with Gasteiger partial charge < -0.3 is 5.32 Å². The Labute approximate surface area is 189 Å². The highest BCUT2D eigenvalue weighted by molar-refractivity contribution is 5.96. The maximum Gasteiger partial charge on any atom is 0.253 e. The van der Waals surface area contributed by atoms with Gasteiger partial charge in [-0.25, -0.2) is 14.1 Å². The summed E-state index contributed by atoms with van der Waals surface area (Å²) < 4.78 is 16.4. The number of hydrogen-bond acceptors (Lipinski definition) is 5. The zero-order valence-electron chi connectivity index (χ0n) is 18.4. The number of aromatic nitrogens is 5. The Hall–Kier alpha value is -4.20. The van der Waals surface area contributed by atoms with Gasteiger partial charge in [0.05, 0.1) is 16.6 Å². The molecule has 7 nitrogen and oxygen atoms in total. The molecular formula is C25H21FN6O. The fourth-order valence-electron chi connectivity index (χ4n) is 4.02. The molecule has 0 unspecified atom stereocenters. The number of carbonyl (C=O) groups excluding carboxylic acids is 1. The van der Waals surface area contributed by atoms with Crippen LogP contribution in [0.15, 0.2) is 67.0 Å². The number of pyridine rings is 2. The van der Waals surface area contributed by atoms with E-state index in [0.29, 0.717) is 22.3 Å². The highest BCUT2D eigenvalue weighted by atomic mass is 19.1. The van der Waals surface area contributed by atoms with E-state index in [1.807, 2.05) is 38.1 Å². The normalized spacial score (nSPS) is 11.8. The summed E-state index contributed by atoms with van der Waals surface area (Å²) in [6, 6.07) is 16.3. The van der Waals surface area contributed by atoms with Crippen LogP contribution < -0.4 is 5.32 Å². The van der Waals surface area contributed by atoms with Gasteiger partial charge in [0.2, 0.25) is 0 Å². The summed E-state index contributed by atoms with van der Waals surface area (Å²) in [6.45, 7) is 4.09. The fourth-order valence-corrected chi connectivity index (χ4v) is 4.02. The van der Waals surface area contributed by atoms with Gasteiger partial charge in [0.15, 0.2) is 5.65 Å². The summed E-state index contributed by atoms with van der Waals surface area (Å²) >= 11 is 0. The van der Waals surface area contributed by atoms with Crippen molar-refractivity contribution in [2.45, 2.75) is 19.4 Å². The first-order chi connectivity index (χ1) is 15.9. The molecule has 1 amide bonds. The van der Waals surface area contributed by atoms with E-state index < -0.39 is 17.3 Å². The SMILES string of the molecule is CNC(=O)c1ccc(-c2ccnc3c2nnn3C(C)(C)c2ccc3ncccc3c2)cc1F. The molecule has 0 fully saturated rings. The van der Waals surface area contributed by atoms with Gasteiger partial charge in [-0.15, -0.1) is 5.10 Å². The number of hydrogen-bond donors (Lipinski definition) is 1. The van der Waals surface area contributed by atoms with Crippen molar-refractivity contribution >= 4 is 28.0 Å². The lowest BCUT2D eigenvalue weighted by Gasteiger charge is -2.26. The second-order valence-corrected chi connectivity index (χ2v) is 8.28. The molecule has 2 aromatic carbocycles. The molecule has 0 spiro atoms. The van der Waals surface area contributed by atoms with Gasteiger partial charge in [0, 0.05) is 30.4 Å². The zero-order valence-corrected chi connectivity index (χ0v) is 18.4. The number of nitrogens with zero attached hydrogens (tertiary/aromatic N) is 5. The largest absolute Gasteiger partial charge is 0.355 e. The average Bonchev–Trinajstić information content (AvgIpc) is 3.28. The monoisotopic (exact) mass is 440 g/mol. The highest BCUT2D eigenvalue weighted by Gasteiger charge is 2.28. The molecular weight excluding hydrogens is 419 g/mol. The number of rotatable bonds is 4. The van der Waals surface area contributed by atoms with E-state index in [4.69, 9.17) is 0 Å².